The summed E-state index contributed by atoms with van der Waals surface area (Å²) in [5, 5.41) is 0. The number of ether oxygens (including phenoxy) is 1. The average molecular weight is 596 g/mol. The SMILES string of the molecule is CCCCC1C(=O)N(CC2CCC(OCC)CC2)CCC12CCN(C1(C)CCN(C(=O)c3c(C)ncnc3C)CC1)CC2. The third-order valence-electron chi connectivity index (χ3n) is 11.8. The maximum atomic E-state index is 14.1. The van der Waals surface area contributed by atoms with Crippen LogP contribution in [0.3, 0.4) is 0 Å². The van der Waals surface area contributed by atoms with Gasteiger partial charge in [-0.1, -0.05) is 19.8 Å². The summed E-state index contributed by atoms with van der Waals surface area (Å²) in [5.74, 6) is 1.33. The molecule has 8 nitrogen and oxygen atoms in total. The van der Waals surface area contributed by atoms with E-state index in [1.54, 1.807) is 0 Å². The Bertz CT molecular complexity index is 1080. The van der Waals surface area contributed by atoms with E-state index in [-0.39, 0.29) is 22.8 Å². The number of rotatable bonds is 9. The number of hydrogen-bond acceptors (Lipinski definition) is 6. The number of carbonyl (C=O) groups excluding carboxylic acids is 2. The summed E-state index contributed by atoms with van der Waals surface area (Å²) < 4.78 is 5.87. The number of unbranched alkanes of at least 4 members (excludes halogenated alkanes) is 1. The fourth-order valence-corrected chi connectivity index (χ4v) is 8.83. The molecule has 0 N–H and O–H groups in total. The van der Waals surface area contributed by atoms with Crippen LogP contribution in [0.2, 0.25) is 0 Å². The molecule has 4 fully saturated rings. The Balaban J connectivity index is 1.17. The van der Waals surface area contributed by atoms with Gasteiger partial charge in [-0.25, -0.2) is 9.97 Å². The number of nitrogens with zero attached hydrogens (tertiary/aromatic N) is 5. The Morgan fingerprint density at radius 1 is 0.930 bits per heavy atom. The first-order chi connectivity index (χ1) is 20.7. The fraction of sp³-hybridized carbons (Fsp3) is 0.829. The van der Waals surface area contributed by atoms with Crippen molar-refractivity contribution in [2.45, 2.75) is 123 Å². The van der Waals surface area contributed by atoms with Crippen LogP contribution in [-0.4, -0.2) is 94.0 Å². The van der Waals surface area contributed by atoms with Gasteiger partial charge in [0, 0.05) is 44.2 Å². The van der Waals surface area contributed by atoms with E-state index in [0.29, 0.717) is 23.5 Å². The third kappa shape index (κ3) is 6.95. The first-order valence-electron chi connectivity index (χ1n) is 17.4. The number of aromatic nitrogens is 2. The van der Waals surface area contributed by atoms with Gasteiger partial charge in [-0.2, -0.15) is 0 Å². The maximum absolute atomic E-state index is 14.1. The number of amides is 2. The smallest absolute Gasteiger partial charge is 0.257 e. The molecule has 1 aromatic rings. The van der Waals surface area contributed by atoms with Crippen LogP contribution in [0.25, 0.3) is 0 Å². The zero-order valence-electron chi connectivity index (χ0n) is 27.7. The molecule has 0 aromatic carbocycles. The van der Waals surface area contributed by atoms with E-state index in [1.807, 2.05) is 18.7 Å². The summed E-state index contributed by atoms with van der Waals surface area (Å²) in [6.07, 6.45) is 15.3. The second kappa shape index (κ2) is 13.9. The monoisotopic (exact) mass is 595 g/mol. The van der Waals surface area contributed by atoms with E-state index in [2.05, 4.69) is 40.5 Å². The summed E-state index contributed by atoms with van der Waals surface area (Å²) in [5.41, 5.74) is 2.44. The Hall–Kier alpha value is -2.06. The van der Waals surface area contributed by atoms with Gasteiger partial charge in [-0.3, -0.25) is 14.5 Å². The van der Waals surface area contributed by atoms with Crippen LogP contribution in [0, 0.1) is 31.1 Å². The molecule has 4 aliphatic rings. The second-order valence-corrected chi connectivity index (χ2v) is 14.4. The fourth-order valence-electron chi connectivity index (χ4n) is 8.83. The summed E-state index contributed by atoms with van der Waals surface area (Å²) in [6.45, 7) is 16.9. The predicted octanol–water partition coefficient (Wildman–Crippen LogP) is 5.80. The summed E-state index contributed by atoms with van der Waals surface area (Å²) in [7, 11) is 0. The normalized spacial score (nSPS) is 27.9. The highest BCUT2D eigenvalue weighted by Crippen LogP contribution is 2.49. The molecule has 1 spiro atoms. The molecule has 1 unspecified atom stereocenters. The average Bonchev–Trinajstić information content (AvgIpc) is 3.00. The van der Waals surface area contributed by atoms with Crippen LogP contribution in [0.4, 0.5) is 0 Å². The maximum Gasteiger partial charge on any atom is 0.257 e. The molecule has 43 heavy (non-hydrogen) atoms. The summed E-state index contributed by atoms with van der Waals surface area (Å²) in [6, 6.07) is 0. The molecule has 0 radical (unpaired) electrons. The highest BCUT2D eigenvalue weighted by Gasteiger charge is 2.51. The van der Waals surface area contributed by atoms with Crippen molar-refractivity contribution in [3.63, 3.8) is 0 Å². The summed E-state index contributed by atoms with van der Waals surface area (Å²) in [4.78, 5) is 43.0. The Labute approximate surface area is 260 Å². The Morgan fingerprint density at radius 2 is 1.56 bits per heavy atom. The van der Waals surface area contributed by atoms with E-state index in [0.717, 1.165) is 121 Å². The largest absolute Gasteiger partial charge is 0.379 e. The van der Waals surface area contributed by atoms with Gasteiger partial charge in [-0.05, 0) is 116 Å². The van der Waals surface area contributed by atoms with E-state index >= 15 is 0 Å². The van der Waals surface area contributed by atoms with Gasteiger partial charge in [0.25, 0.3) is 5.91 Å². The zero-order chi connectivity index (χ0) is 30.6. The van der Waals surface area contributed by atoms with Gasteiger partial charge in [-0.15, -0.1) is 0 Å². The van der Waals surface area contributed by atoms with Gasteiger partial charge >= 0.3 is 0 Å². The molecular weight excluding hydrogens is 538 g/mol. The van der Waals surface area contributed by atoms with Gasteiger partial charge in [0.05, 0.1) is 23.1 Å². The molecule has 5 rings (SSSR count). The molecule has 0 bridgehead atoms. The van der Waals surface area contributed by atoms with Gasteiger partial charge < -0.3 is 14.5 Å². The molecule has 3 saturated heterocycles. The Kier molecular flexibility index (Phi) is 10.5. The minimum absolute atomic E-state index is 0.0709. The van der Waals surface area contributed by atoms with E-state index < -0.39 is 0 Å². The molecule has 8 heteroatoms. The second-order valence-electron chi connectivity index (χ2n) is 14.4. The van der Waals surface area contributed by atoms with E-state index in [4.69, 9.17) is 4.74 Å². The van der Waals surface area contributed by atoms with Crippen molar-refractivity contribution in [3.8, 4) is 0 Å². The highest BCUT2D eigenvalue weighted by atomic mass is 16.5. The van der Waals surface area contributed by atoms with Crippen molar-refractivity contribution >= 4 is 11.8 Å². The standard InChI is InChI=1S/C35H57N5O3/c1-6-8-9-30-32(41)39(24-28-10-12-29(13-11-28)43-7-2)21-16-35(30)17-22-40(23-18-35)34(5)14-19-38(20-15-34)33(42)31-26(3)36-25-37-27(31)4/h25,28-30H,6-24H2,1-5H3. The lowest BCUT2D eigenvalue weighted by Gasteiger charge is -2.55. The van der Waals surface area contributed by atoms with Crippen LogP contribution in [0.1, 0.15) is 120 Å². The lowest BCUT2D eigenvalue weighted by molar-refractivity contribution is -0.152. The van der Waals surface area contributed by atoms with Crippen LogP contribution >= 0.6 is 0 Å². The molecule has 1 atom stereocenters. The number of hydrogen-bond donors (Lipinski definition) is 0. The van der Waals surface area contributed by atoms with Gasteiger partial charge in [0.15, 0.2) is 0 Å². The minimum Gasteiger partial charge on any atom is -0.379 e. The van der Waals surface area contributed by atoms with E-state index in [1.165, 1.54) is 19.2 Å². The molecule has 4 heterocycles. The van der Waals surface area contributed by atoms with Crippen molar-refractivity contribution in [2.75, 3.05) is 45.9 Å². The van der Waals surface area contributed by atoms with Crippen LogP contribution in [0.15, 0.2) is 6.33 Å². The first kappa shape index (κ1) is 32.3. The predicted molar refractivity (Wildman–Crippen MR) is 170 cm³/mol. The van der Waals surface area contributed by atoms with Crippen LogP contribution in [0.5, 0.6) is 0 Å². The van der Waals surface area contributed by atoms with Crippen molar-refractivity contribution in [1.82, 2.24) is 24.7 Å². The zero-order valence-corrected chi connectivity index (χ0v) is 27.7. The Morgan fingerprint density at radius 3 is 2.16 bits per heavy atom. The minimum atomic E-state index is 0.0709. The van der Waals surface area contributed by atoms with Crippen molar-refractivity contribution in [3.05, 3.63) is 23.3 Å². The topological polar surface area (TPSA) is 78.9 Å². The van der Waals surface area contributed by atoms with Gasteiger partial charge in [0.2, 0.25) is 5.91 Å². The number of likely N-dealkylation sites (tertiary alicyclic amines) is 3. The quantitative estimate of drug-likeness (QED) is 0.359. The van der Waals surface area contributed by atoms with Crippen LogP contribution in [-0.2, 0) is 9.53 Å². The lowest BCUT2D eigenvalue weighted by atomic mass is 9.62. The lowest BCUT2D eigenvalue weighted by Crippen LogP contribution is -2.60. The van der Waals surface area contributed by atoms with Crippen molar-refractivity contribution in [1.29, 1.82) is 0 Å². The molecule has 1 aliphatic carbocycles. The highest BCUT2D eigenvalue weighted by molar-refractivity contribution is 5.96. The van der Waals surface area contributed by atoms with Crippen LogP contribution < -0.4 is 0 Å². The molecule has 1 saturated carbocycles. The third-order valence-corrected chi connectivity index (χ3v) is 11.8. The number of aryl methyl sites for hydroxylation is 2. The molecule has 240 valence electrons. The number of carbonyl (C=O) groups is 2. The molecule has 2 amide bonds. The van der Waals surface area contributed by atoms with Crippen molar-refractivity contribution < 1.29 is 14.3 Å². The molecule has 1 aromatic heterocycles. The van der Waals surface area contributed by atoms with E-state index in [9.17, 15) is 9.59 Å². The summed E-state index contributed by atoms with van der Waals surface area (Å²) >= 11 is 0. The molecule has 3 aliphatic heterocycles. The number of piperidine rings is 3. The molecular formula is C35H57N5O3. The first-order valence-corrected chi connectivity index (χ1v) is 17.4. The van der Waals surface area contributed by atoms with Crippen molar-refractivity contribution in [2.24, 2.45) is 17.3 Å². The van der Waals surface area contributed by atoms with Gasteiger partial charge in [0.1, 0.15) is 6.33 Å².